The van der Waals surface area contributed by atoms with Gasteiger partial charge in [0.05, 0.1) is 29.0 Å². The second-order valence-electron chi connectivity index (χ2n) is 6.31. The summed E-state index contributed by atoms with van der Waals surface area (Å²) in [5.74, 6) is 0. The molecule has 4 aromatic rings. The third kappa shape index (κ3) is 3.86. The largest absolute Gasteiger partial charge is 0.408 e. The van der Waals surface area contributed by atoms with Crippen LogP contribution < -0.4 is 0 Å². The second kappa shape index (κ2) is 7.58. The van der Waals surface area contributed by atoms with E-state index in [4.69, 9.17) is 0 Å². The van der Waals surface area contributed by atoms with Gasteiger partial charge in [0.15, 0.2) is 0 Å². The van der Waals surface area contributed by atoms with Crippen molar-refractivity contribution in [3.8, 4) is 23.3 Å². The summed E-state index contributed by atoms with van der Waals surface area (Å²) in [6.45, 7) is -1.19. The molecule has 30 heavy (non-hydrogen) atoms. The van der Waals surface area contributed by atoms with Crippen molar-refractivity contribution in [3.63, 3.8) is 0 Å². The Kier molecular flexibility index (Phi) is 4.94. The first-order chi connectivity index (χ1) is 14.4. The monoisotopic (exact) mass is 424 g/mol. The van der Waals surface area contributed by atoms with Gasteiger partial charge in [-0.3, -0.25) is 4.68 Å². The highest BCUT2D eigenvalue weighted by Crippen LogP contribution is 2.37. The number of rotatable bonds is 4. The average Bonchev–Trinajstić information content (AvgIpc) is 3.33. The minimum absolute atomic E-state index is 0.353. The van der Waals surface area contributed by atoms with E-state index in [-0.39, 0.29) is 0 Å². The first kappa shape index (κ1) is 19.6. The van der Waals surface area contributed by atoms with Gasteiger partial charge in [-0.2, -0.15) is 33.9 Å². The average molecular weight is 424 g/mol. The first-order valence-electron chi connectivity index (χ1n) is 8.56. The molecule has 0 bridgehead atoms. The number of benzene rings is 1. The van der Waals surface area contributed by atoms with Gasteiger partial charge < -0.3 is 0 Å². The van der Waals surface area contributed by atoms with Gasteiger partial charge in [-0.1, -0.05) is 23.9 Å². The Morgan fingerprint density at radius 3 is 2.43 bits per heavy atom. The molecule has 0 aliphatic rings. The minimum Gasteiger partial charge on any atom is -0.263 e. The van der Waals surface area contributed by atoms with Crippen LogP contribution in [0, 0.1) is 22.7 Å². The Morgan fingerprint density at radius 1 is 0.933 bits per heavy atom. The van der Waals surface area contributed by atoms with Crippen LogP contribution in [0.2, 0.25) is 0 Å². The number of halogens is 3. The van der Waals surface area contributed by atoms with E-state index in [2.05, 4.69) is 22.3 Å². The first-order valence-corrected chi connectivity index (χ1v) is 9.37. The van der Waals surface area contributed by atoms with Crippen LogP contribution in [0.1, 0.15) is 11.1 Å². The summed E-state index contributed by atoms with van der Waals surface area (Å²) >= 11 is 1.29. The summed E-state index contributed by atoms with van der Waals surface area (Å²) in [6.07, 6.45) is 1.33. The van der Waals surface area contributed by atoms with Crippen molar-refractivity contribution in [2.75, 3.05) is 0 Å². The number of hydrogen-bond acceptors (Lipinski definition) is 5. The van der Waals surface area contributed by atoms with E-state index < -0.39 is 12.7 Å². The van der Waals surface area contributed by atoms with Crippen molar-refractivity contribution in [3.05, 3.63) is 66.2 Å². The predicted molar refractivity (Wildman–Crippen MR) is 102 cm³/mol. The van der Waals surface area contributed by atoms with E-state index in [1.165, 1.54) is 34.9 Å². The zero-order valence-corrected chi connectivity index (χ0v) is 15.9. The van der Waals surface area contributed by atoms with E-state index in [1.54, 1.807) is 36.5 Å². The van der Waals surface area contributed by atoms with Gasteiger partial charge in [0.1, 0.15) is 18.7 Å². The lowest BCUT2D eigenvalue weighted by molar-refractivity contribution is -0.142. The summed E-state index contributed by atoms with van der Waals surface area (Å²) in [5.41, 5.74) is 2.45. The molecule has 0 unspecified atom stereocenters. The Morgan fingerprint density at radius 2 is 1.70 bits per heavy atom. The summed E-state index contributed by atoms with van der Waals surface area (Å²) in [4.78, 5) is 1.34. The Balaban J connectivity index is 1.82. The minimum atomic E-state index is -4.38. The van der Waals surface area contributed by atoms with Crippen LogP contribution in [0.4, 0.5) is 13.2 Å². The molecule has 0 spiro atoms. The van der Waals surface area contributed by atoms with Gasteiger partial charge in [0.2, 0.25) is 0 Å². The zero-order chi connectivity index (χ0) is 21.3. The molecule has 0 aliphatic heterocycles. The summed E-state index contributed by atoms with van der Waals surface area (Å²) < 4.78 is 40.3. The van der Waals surface area contributed by atoms with Gasteiger partial charge >= 0.3 is 6.18 Å². The van der Waals surface area contributed by atoms with E-state index in [0.29, 0.717) is 37.6 Å². The number of alkyl halides is 3. The molecule has 0 N–H and O–H groups in total. The fourth-order valence-corrected chi connectivity index (χ4v) is 4.04. The van der Waals surface area contributed by atoms with Gasteiger partial charge in [0, 0.05) is 33.3 Å². The number of nitrogens with zero attached hydrogens (tertiary/aromatic N) is 6. The molecule has 0 aliphatic carbocycles. The molecular weight excluding hydrogens is 413 g/mol. The zero-order valence-electron chi connectivity index (χ0n) is 15.1. The summed E-state index contributed by atoms with van der Waals surface area (Å²) in [7, 11) is 0. The fraction of sp³-hybridized carbons (Fsp3) is 0.100. The molecule has 0 amide bonds. The van der Waals surface area contributed by atoms with E-state index in [1.807, 2.05) is 0 Å². The molecule has 148 valence electrons. The SMILES string of the molecule is N#Cc1ccccc1Sc1cc(-c2cnn(CC(F)(F)F)c2)cn2ncc(C#N)c12. The second-order valence-corrected chi connectivity index (χ2v) is 7.39. The molecular formula is C20H11F3N6S. The summed E-state index contributed by atoms with van der Waals surface area (Å²) in [5, 5.41) is 26.8. The lowest BCUT2D eigenvalue weighted by Gasteiger charge is -2.09. The molecule has 10 heteroatoms. The standard InChI is InChI=1S/C20H11F3N6S/c21-20(22,23)12-28-10-16(9-26-28)14-5-18(19-15(7-25)8-27-29(19)11-14)30-17-4-2-1-3-13(17)6-24/h1-5,8-11H,12H2. The Labute approximate surface area is 172 Å². The van der Waals surface area contributed by atoms with Crippen molar-refractivity contribution >= 4 is 17.3 Å². The quantitative estimate of drug-likeness (QED) is 0.476. The van der Waals surface area contributed by atoms with Gasteiger partial charge in [-0.25, -0.2) is 4.52 Å². The highest BCUT2D eigenvalue weighted by atomic mass is 32.2. The van der Waals surface area contributed by atoms with Gasteiger partial charge in [-0.05, 0) is 18.2 Å². The maximum atomic E-state index is 12.6. The van der Waals surface area contributed by atoms with E-state index >= 15 is 0 Å². The van der Waals surface area contributed by atoms with Crippen LogP contribution in [-0.4, -0.2) is 25.6 Å². The number of fused-ring (bicyclic) bond motifs is 1. The summed E-state index contributed by atoms with van der Waals surface area (Å²) in [6, 6.07) is 13.0. The van der Waals surface area contributed by atoms with Crippen LogP contribution in [0.25, 0.3) is 16.6 Å². The molecule has 0 saturated heterocycles. The van der Waals surface area contributed by atoms with Gasteiger partial charge in [0.25, 0.3) is 0 Å². The molecule has 3 aromatic heterocycles. The maximum Gasteiger partial charge on any atom is 0.408 e. The lowest BCUT2D eigenvalue weighted by atomic mass is 10.1. The third-order valence-electron chi connectivity index (χ3n) is 4.23. The van der Waals surface area contributed by atoms with Crippen molar-refractivity contribution in [2.24, 2.45) is 0 Å². The molecule has 4 rings (SSSR count). The van der Waals surface area contributed by atoms with Crippen LogP contribution >= 0.6 is 11.8 Å². The normalized spacial score (nSPS) is 11.4. The highest BCUT2D eigenvalue weighted by Gasteiger charge is 2.28. The Bertz CT molecular complexity index is 1320. The van der Waals surface area contributed by atoms with Crippen LogP contribution in [0.15, 0.2) is 64.9 Å². The van der Waals surface area contributed by atoms with Crippen LogP contribution in [-0.2, 0) is 6.54 Å². The maximum absolute atomic E-state index is 12.6. The molecule has 3 heterocycles. The lowest BCUT2D eigenvalue weighted by Crippen LogP contribution is -2.17. The third-order valence-corrected chi connectivity index (χ3v) is 5.34. The molecule has 6 nitrogen and oxygen atoms in total. The van der Waals surface area contributed by atoms with Crippen molar-refractivity contribution in [1.29, 1.82) is 10.5 Å². The van der Waals surface area contributed by atoms with Crippen molar-refractivity contribution in [2.45, 2.75) is 22.5 Å². The van der Waals surface area contributed by atoms with E-state index in [0.717, 1.165) is 4.68 Å². The number of nitriles is 2. The molecule has 0 radical (unpaired) electrons. The van der Waals surface area contributed by atoms with Crippen molar-refractivity contribution in [1.82, 2.24) is 19.4 Å². The van der Waals surface area contributed by atoms with Crippen LogP contribution in [0.3, 0.4) is 0 Å². The fourth-order valence-electron chi connectivity index (χ4n) is 2.95. The molecule has 1 aromatic carbocycles. The van der Waals surface area contributed by atoms with Crippen LogP contribution in [0.5, 0.6) is 0 Å². The van der Waals surface area contributed by atoms with Gasteiger partial charge in [-0.15, -0.1) is 0 Å². The van der Waals surface area contributed by atoms with E-state index in [9.17, 15) is 23.7 Å². The number of hydrogen-bond donors (Lipinski definition) is 0. The number of pyridine rings is 1. The Hall–Kier alpha value is -3.76. The molecule has 0 fully saturated rings. The smallest absolute Gasteiger partial charge is 0.263 e. The molecule has 0 atom stereocenters. The van der Waals surface area contributed by atoms with Crippen molar-refractivity contribution < 1.29 is 13.2 Å². The topological polar surface area (TPSA) is 82.7 Å². The highest BCUT2D eigenvalue weighted by molar-refractivity contribution is 7.99. The number of aromatic nitrogens is 4. The molecule has 0 saturated carbocycles. The predicted octanol–water partition coefficient (Wildman–Crippen LogP) is 4.65.